The second-order valence-corrected chi connectivity index (χ2v) is 7.43. The summed E-state index contributed by atoms with van der Waals surface area (Å²) in [6.07, 6.45) is 2.92. The largest absolute Gasteiger partial charge is 0.496 e. The monoisotopic (exact) mass is 471 g/mol. The number of esters is 1. The summed E-state index contributed by atoms with van der Waals surface area (Å²) >= 11 is 1.43. The van der Waals surface area contributed by atoms with E-state index in [1.54, 1.807) is 39.5 Å². The van der Waals surface area contributed by atoms with Gasteiger partial charge in [-0.05, 0) is 24.3 Å². The molecule has 0 saturated carbocycles. The van der Waals surface area contributed by atoms with Crippen molar-refractivity contribution in [2.75, 3.05) is 35.5 Å². The first-order valence-corrected chi connectivity index (χ1v) is 10.7. The molecule has 0 bridgehead atoms. The quantitative estimate of drug-likeness (QED) is 0.313. The van der Waals surface area contributed by atoms with Gasteiger partial charge in [0.1, 0.15) is 17.4 Å². The van der Waals surface area contributed by atoms with Crippen LogP contribution in [0.3, 0.4) is 0 Å². The number of carbonyl (C=O) groups is 1. The van der Waals surface area contributed by atoms with E-state index in [0.29, 0.717) is 40.0 Å². The molecule has 9 heteroatoms. The van der Waals surface area contributed by atoms with Crippen molar-refractivity contribution >= 4 is 23.4 Å². The summed E-state index contributed by atoms with van der Waals surface area (Å²) in [4.78, 5) is 16.8. The summed E-state index contributed by atoms with van der Waals surface area (Å²) in [6, 6.07) is 8.99. The zero-order chi connectivity index (χ0) is 23.8. The lowest BCUT2D eigenvalue weighted by Gasteiger charge is -2.12. The molecular formula is C24H25NO7S. The van der Waals surface area contributed by atoms with Gasteiger partial charge in [0, 0.05) is 23.1 Å². The van der Waals surface area contributed by atoms with Gasteiger partial charge >= 0.3 is 5.97 Å². The molecule has 3 rings (SSSR count). The number of nitrogens with zero attached hydrogens (tertiary/aromatic N) is 1. The molecule has 0 unspecified atom stereocenters. The van der Waals surface area contributed by atoms with Crippen molar-refractivity contribution in [2.24, 2.45) is 0 Å². The summed E-state index contributed by atoms with van der Waals surface area (Å²) in [5, 5.41) is 2.57. The molecule has 0 atom stereocenters. The highest BCUT2D eigenvalue weighted by Gasteiger charge is 2.15. The Morgan fingerprint density at radius 3 is 2.27 bits per heavy atom. The van der Waals surface area contributed by atoms with Gasteiger partial charge in [-0.25, -0.2) is 9.78 Å². The van der Waals surface area contributed by atoms with Crippen molar-refractivity contribution < 1.29 is 33.2 Å². The van der Waals surface area contributed by atoms with Crippen molar-refractivity contribution in [3.63, 3.8) is 0 Å². The average molecular weight is 472 g/mol. The lowest BCUT2D eigenvalue weighted by atomic mass is 10.1. The van der Waals surface area contributed by atoms with Crippen LogP contribution in [-0.4, -0.2) is 46.5 Å². The van der Waals surface area contributed by atoms with E-state index in [2.05, 4.69) is 4.98 Å². The van der Waals surface area contributed by atoms with E-state index in [1.165, 1.54) is 31.6 Å². The van der Waals surface area contributed by atoms with Crippen LogP contribution in [0.25, 0.3) is 16.6 Å². The van der Waals surface area contributed by atoms with Crippen molar-refractivity contribution in [3.05, 3.63) is 53.0 Å². The van der Waals surface area contributed by atoms with Gasteiger partial charge < -0.3 is 28.4 Å². The number of rotatable bonds is 10. The first-order valence-electron chi connectivity index (χ1n) is 9.85. The Bertz CT molecular complexity index is 1140. The van der Waals surface area contributed by atoms with E-state index in [4.69, 9.17) is 28.4 Å². The van der Waals surface area contributed by atoms with Crippen LogP contribution in [-0.2, 0) is 16.1 Å². The maximum atomic E-state index is 12.3. The highest BCUT2D eigenvalue weighted by molar-refractivity contribution is 7.13. The molecule has 0 spiro atoms. The van der Waals surface area contributed by atoms with Crippen LogP contribution < -0.4 is 23.7 Å². The second-order valence-electron chi connectivity index (χ2n) is 6.58. The van der Waals surface area contributed by atoms with E-state index >= 15 is 0 Å². The Morgan fingerprint density at radius 1 is 0.909 bits per heavy atom. The number of carbonyl (C=O) groups excluding carboxylic acids is 1. The van der Waals surface area contributed by atoms with Crippen LogP contribution >= 0.6 is 11.3 Å². The van der Waals surface area contributed by atoms with Crippen LogP contribution in [0.1, 0.15) is 11.3 Å². The molecule has 0 N–H and O–H groups in total. The zero-order valence-electron chi connectivity index (χ0n) is 19.0. The smallest absolute Gasteiger partial charge is 0.331 e. The molecule has 0 aliphatic heterocycles. The molecule has 0 saturated heterocycles. The number of aromatic nitrogens is 1. The van der Waals surface area contributed by atoms with Gasteiger partial charge in [-0.1, -0.05) is 6.07 Å². The fraction of sp³-hybridized carbons (Fsp3) is 0.250. The van der Waals surface area contributed by atoms with Gasteiger partial charge in [0.25, 0.3) is 0 Å². The third-order valence-corrected chi connectivity index (χ3v) is 5.61. The molecule has 0 amide bonds. The summed E-state index contributed by atoms with van der Waals surface area (Å²) < 4.78 is 32.1. The molecule has 0 aliphatic carbocycles. The minimum absolute atomic E-state index is 0.0367. The lowest BCUT2D eigenvalue weighted by Crippen LogP contribution is -2.01. The van der Waals surface area contributed by atoms with Crippen LogP contribution in [0.4, 0.5) is 0 Å². The van der Waals surface area contributed by atoms with Crippen molar-refractivity contribution in [3.8, 4) is 39.3 Å². The van der Waals surface area contributed by atoms with Crippen LogP contribution in [0.5, 0.6) is 28.7 Å². The molecule has 2 aromatic carbocycles. The Labute approximate surface area is 196 Å². The Hall–Kier alpha value is -3.72. The van der Waals surface area contributed by atoms with E-state index < -0.39 is 5.97 Å². The van der Waals surface area contributed by atoms with Gasteiger partial charge in [-0.2, -0.15) is 0 Å². The van der Waals surface area contributed by atoms with Crippen LogP contribution in [0.2, 0.25) is 0 Å². The molecule has 174 valence electrons. The first kappa shape index (κ1) is 23.9. The summed E-state index contributed by atoms with van der Waals surface area (Å²) in [6.45, 7) is 0.0367. The maximum absolute atomic E-state index is 12.3. The summed E-state index contributed by atoms with van der Waals surface area (Å²) in [5.74, 6) is 2.29. The number of hydrogen-bond donors (Lipinski definition) is 0. The third-order valence-electron chi connectivity index (χ3n) is 4.68. The Morgan fingerprint density at radius 2 is 1.61 bits per heavy atom. The summed E-state index contributed by atoms with van der Waals surface area (Å²) in [7, 11) is 7.78. The fourth-order valence-corrected chi connectivity index (χ4v) is 3.91. The van der Waals surface area contributed by atoms with Gasteiger partial charge in [-0.3, -0.25) is 0 Å². The third kappa shape index (κ3) is 5.56. The predicted octanol–water partition coefficient (Wildman–Crippen LogP) is 4.61. The molecule has 3 aromatic rings. The average Bonchev–Trinajstić information content (AvgIpc) is 3.33. The standard InChI is InChI=1S/C24H25NO7S/c1-27-18-8-6-7-17(23(18)31-5)24-25-16(14-33-24)13-32-22(26)10-9-15-11-20(29-3)21(30-4)12-19(15)28-2/h6-12,14H,13H2,1-5H3/b10-9+. The number of methoxy groups -OCH3 is 5. The molecule has 1 aromatic heterocycles. The predicted molar refractivity (Wildman–Crippen MR) is 126 cm³/mol. The zero-order valence-corrected chi connectivity index (χ0v) is 19.9. The minimum atomic E-state index is -0.514. The second kappa shape index (κ2) is 11.2. The lowest BCUT2D eigenvalue weighted by molar-refractivity contribution is -0.139. The molecule has 0 aliphatic rings. The molecule has 1 heterocycles. The number of benzene rings is 2. The van der Waals surface area contributed by atoms with Crippen LogP contribution in [0, 0.1) is 0 Å². The van der Waals surface area contributed by atoms with Crippen LogP contribution in [0.15, 0.2) is 41.8 Å². The highest BCUT2D eigenvalue weighted by Crippen LogP contribution is 2.39. The Balaban J connectivity index is 1.68. The van der Waals surface area contributed by atoms with Gasteiger partial charge in [0.05, 0.1) is 46.8 Å². The van der Waals surface area contributed by atoms with Gasteiger partial charge in [-0.15, -0.1) is 11.3 Å². The normalized spacial score (nSPS) is 10.7. The van der Waals surface area contributed by atoms with Crippen molar-refractivity contribution in [1.82, 2.24) is 4.98 Å². The number of para-hydroxylation sites is 1. The number of ether oxygens (including phenoxy) is 6. The molecular weight excluding hydrogens is 446 g/mol. The van der Waals surface area contributed by atoms with E-state index in [0.717, 1.165) is 10.6 Å². The van der Waals surface area contributed by atoms with Gasteiger partial charge in [0.2, 0.25) is 0 Å². The number of hydrogen-bond acceptors (Lipinski definition) is 9. The van der Waals surface area contributed by atoms with E-state index in [9.17, 15) is 4.79 Å². The van der Waals surface area contributed by atoms with E-state index in [-0.39, 0.29) is 6.61 Å². The van der Waals surface area contributed by atoms with Crippen molar-refractivity contribution in [2.45, 2.75) is 6.61 Å². The summed E-state index contributed by atoms with van der Waals surface area (Å²) in [5.41, 5.74) is 2.08. The minimum Gasteiger partial charge on any atom is -0.496 e. The SMILES string of the molecule is COc1cc(OC)c(OC)cc1/C=C/C(=O)OCc1csc(-c2cccc(OC)c2OC)n1. The fourth-order valence-electron chi connectivity index (χ4n) is 3.09. The first-order chi connectivity index (χ1) is 16.0. The maximum Gasteiger partial charge on any atom is 0.331 e. The molecule has 8 nitrogen and oxygen atoms in total. The molecule has 33 heavy (non-hydrogen) atoms. The number of thiazole rings is 1. The van der Waals surface area contributed by atoms with Crippen molar-refractivity contribution in [1.29, 1.82) is 0 Å². The van der Waals surface area contributed by atoms with E-state index in [1.807, 2.05) is 23.6 Å². The Kier molecular flexibility index (Phi) is 8.15. The highest BCUT2D eigenvalue weighted by atomic mass is 32.1. The van der Waals surface area contributed by atoms with Gasteiger partial charge in [0.15, 0.2) is 23.0 Å². The molecule has 0 radical (unpaired) electrons. The topological polar surface area (TPSA) is 85.3 Å². The molecule has 0 fully saturated rings.